The van der Waals surface area contributed by atoms with E-state index in [0.29, 0.717) is 15.0 Å². The molecule has 2 heterocycles. The van der Waals surface area contributed by atoms with Crippen LogP contribution in [-0.2, 0) is 14.3 Å². The molecule has 0 spiro atoms. The molecule has 12 heteroatoms. The van der Waals surface area contributed by atoms with Gasteiger partial charge in [-0.25, -0.2) is 9.59 Å². The van der Waals surface area contributed by atoms with E-state index in [1.807, 2.05) is 0 Å². The van der Waals surface area contributed by atoms with E-state index in [2.05, 4.69) is 27.8 Å². The summed E-state index contributed by atoms with van der Waals surface area (Å²) in [5.74, 6) is -1.39. The molecule has 9 nitrogen and oxygen atoms in total. The van der Waals surface area contributed by atoms with Crippen LogP contribution in [0.1, 0.15) is 52.8 Å². The monoisotopic (exact) mass is 472 g/mol. The summed E-state index contributed by atoms with van der Waals surface area (Å²) in [6.07, 6.45) is 0.973. The summed E-state index contributed by atoms with van der Waals surface area (Å²) in [7, 11) is 0. The number of rotatable bonds is 11. The van der Waals surface area contributed by atoms with E-state index >= 15 is 0 Å². The van der Waals surface area contributed by atoms with Gasteiger partial charge in [-0.15, -0.1) is 21.5 Å². The minimum Gasteiger partial charge on any atom is -0.462 e. The van der Waals surface area contributed by atoms with Crippen molar-refractivity contribution in [2.75, 3.05) is 36.1 Å². The average molecular weight is 473 g/mol. The number of carbonyl (C=O) groups excluding carboxylic acids is 3. The highest BCUT2D eigenvalue weighted by atomic mass is 32.2. The lowest BCUT2D eigenvalue weighted by Crippen LogP contribution is -2.16. The van der Waals surface area contributed by atoms with Crippen LogP contribution in [0, 0.1) is 6.92 Å². The SMILES string of the molecule is CCCNc1nnc(SCC(=O)Nc2sc(C(=O)OCC)c(C)c2C(=O)OCC)s1. The Hall–Kier alpha value is -2.18. The predicted octanol–water partition coefficient (Wildman–Crippen LogP) is 3.81. The van der Waals surface area contributed by atoms with Crippen molar-refractivity contribution in [2.45, 2.75) is 38.5 Å². The van der Waals surface area contributed by atoms with Crippen molar-refractivity contribution in [3.63, 3.8) is 0 Å². The fourth-order valence-corrected chi connectivity index (χ4v) is 4.99. The third kappa shape index (κ3) is 6.41. The Kier molecular flexibility index (Phi) is 9.53. The lowest BCUT2D eigenvalue weighted by Gasteiger charge is -2.06. The Morgan fingerprint density at radius 3 is 2.40 bits per heavy atom. The number of nitrogens with zero attached hydrogens (tertiary/aromatic N) is 2. The molecule has 2 aromatic heterocycles. The standard InChI is InChI=1S/C18H24N4O5S3/c1-5-8-19-17-21-22-18(30-17)28-9-11(23)20-14-12(15(24)26-6-2)10(4)13(29-14)16(25)27-7-3/h5-9H2,1-4H3,(H,19,21)(H,20,23). The Balaban J connectivity index is 2.10. The van der Waals surface area contributed by atoms with Crippen molar-refractivity contribution in [2.24, 2.45) is 0 Å². The molecule has 0 aliphatic heterocycles. The zero-order valence-corrected chi connectivity index (χ0v) is 19.6. The molecule has 0 saturated heterocycles. The molecule has 2 rings (SSSR count). The van der Waals surface area contributed by atoms with Gasteiger partial charge in [0.1, 0.15) is 9.88 Å². The summed E-state index contributed by atoms with van der Waals surface area (Å²) >= 11 is 3.61. The molecule has 0 unspecified atom stereocenters. The second kappa shape index (κ2) is 11.9. The van der Waals surface area contributed by atoms with Crippen LogP contribution < -0.4 is 10.6 Å². The van der Waals surface area contributed by atoms with Gasteiger partial charge in [0.25, 0.3) is 0 Å². The molecule has 1 amide bonds. The van der Waals surface area contributed by atoms with Crippen LogP contribution in [0.4, 0.5) is 10.1 Å². The smallest absolute Gasteiger partial charge is 0.348 e. The normalized spacial score (nSPS) is 10.5. The molecule has 0 aromatic carbocycles. The maximum Gasteiger partial charge on any atom is 0.348 e. The predicted molar refractivity (Wildman–Crippen MR) is 119 cm³/mol. The first-order chi connectivity index (χ1) is 14.4. The molecule has 0 bridgehead atoms. The van der Waals surface area contributed by atoms with Crippen LogP contribution >= 0.6 is 34.4 Å². The number of aromatic nitrogens is 2. The molecule has 164 valence electrons. The summed E-state index contributed by atoms with van der Waals surface area (Å²) in [5.41, 5.74) is 0.598. The molecule has 0 saturated carbocycles. The first-order valence-electron chi connectivity index (χ1n) is 9.38. The minimum absolute atomic E-state index is 0.0797. The number of nitrogens with one attached hydrogen (secondary N) is 2. The highest BCUT2D eigenvalue weighted by Crippen LogP contribution is 2.35. The van der Waals surface area contributed by atoms with Gasteiger partial charge in [-0.2, -0.15) is 0 Å². The van der Waals surface area contributed by atoms with Crippen LogP contribution in [0.2, 0.25) is 0 Å². The largest absolute Gasteiger partial charge is 0.462 e. The summed E-state index contributed by atoms with van der Waals surface area (Å²) in [6.45, 7) is 8.26. The first kappa shape index (κ1) is 24.1. The van der Waals surface area contributed by atoms with Crippen molar-refractivity contribution in [1.82, 2.24) is 10.2 Å². The fourth-order valence-electron chi connectivity index (χ4n) is 2.30. The maximum absolute atomic E-state index is 12.5. The van der Waals surface area contributed by atoms with Crippen molar-refractivity contribution < 1.29 is 23.9 Å². The third-order valence-corrected chi connectivity index (χ3v) is 6.80. The topological polar surface area (TPSA) is 120 Å². The number of thioether (sulfide) groups is 1. The van der Waals surface area contributed by atoms with Gasteiger partial charge in [0.15, 0.2) is 4.34 Å². The second-order valence-corrected chi connectivity index (χ2v) is 9.06. The van der Waals surface area contributed by atoms with E-state index in [9.17, 15) is 14.4 Å². The average Bonchev–Trinajstić information content (AvgIpc) is 3.29. The van der Waals surface area contributed by atoms with Gasteiger partial charge in [0.2, 0.25) is 11.0 Å². The summed E-state index contributed by atoms with van der Waals surface area (Å²) < 4.78 is 10.8. The quantitative estimate of drug-likeness (QED) is 0.371. The maximum atomic E-state index is 12.5. The van der Waals surface area contributed by atoms with E-state index in [1.165, 1.54) is 23.1 Å². The lowest BCUT2D eigenvalue weighted by molar-refractivity contribution is -0.113. The summed E-state index contributed by atoms with van der Waals surface area (Å²) in [4.78, 5) is 37.3. The van der Waals surface area contributed by atoms with Gasteiger partial charge in [0, 0.05) is 6.54 Å². The number of amides is 1. The Bertz CT molecular complexity index is 897. The number of hydrogen-bond donors (Lipinski definition) is 2. The second-order valence-electron chi connectivity index (χ2n) is 5.84. The van der Waals surface area contributed by atoms with Crippen LogP contribution in [0.3, 0.4) is 0 Å². The van der Waals surface area contributed by atoms with E-state index < -0.39 is 11.9 Å². The molecular weight excluding hydrogens is 448 g/mol. The number of carbonyl (C=O) groups is 3. The molecule has 0 aliphatic rings. The molecule has 2 N–H and O–H groups in total. The Morgan fingerprint density at radius 1 is 1.03 bits per heavy atom. The van der Waals surface area contributed by atoms with Gasteiger partial charge >= 0.3 is 11.9 Å². The van der Waals surface area contributed by atoms with Crippen LogP contribution in [0.25, 0.3) is 0 Å². The molecule has 0 atom stereocenters. The number of ether oxygens (including phenoxy) is 2. The van der Waals surface area contributed by atoms with Crippen LogP contribution in [0.15, 0.2) is 4.34 Å². The summed E-state index contributed by atoms with van der Waals surface area (Å²) in [6, 6.07) is 0. The van der Waals surface area contributed by atoms with Gasteiger partial charge in [-0.05, 0) is 32.8 Å². The Morgan fingerprint density at radius 2 is 1.73 bits per heavy atom. The van der Waals surface area contributed by atoms with E-state index in [1.54, 1.807) is 20.8 Å². The van der Waals surface area contributed by atoms with Crippen molar-refractivity contribution in [3.8, 4) is 0 Å². The van der Waals surface area contributed by atoms with Crippen LogP contribution in [0.5, 0.6) is 0 Å². The number of esters is 2. The highest BCUT2D eigenvalue weighted by Gasteiger charge is 2.27. The van der Waals surface area contributed by atoms with Crippen molar-refractivity contribution >= 4 is 62.4 Å². The van der Waals surface area contributed by atoms with E-state index in [0.717, 1.165) is 24.3 Å². The summed E-state index contributed by atoms with van der Waals surface area (Å²) in [5, 5.41) is 14.9. The van der Waals surface area contributed by atoms with Gasteiger partial charge < -0.3 is 20.1 Å². The third-order valence-electron chi connectivity index (χ3n) is 3.60. The van der Waals surface area contributed by atoms with E-state index in [4.69, 9.17) is 9.47 Å². The first-order valence-corrected chi connectivity index (χ1v) is 12.0. The lowest BCUT2D eigenvalue weighted by atomic mass is 10.1. The van der Waals surface area contributed by atoms with Gasteiger partial charge in [0.05, 0.1) is 24.5 Å². The fraction of sp³-hybridized carbons (Fsp3) is 0.500. The molecule has 2 aromatic rings. The zero-order valence-electron chi connectivity index (χ0n) is 17.2. The number of thiophene rings is 1. The van der Waals surface area contributed by atoms with E-state index in [-0.39, 0.29) is 40.3 Å². The zero-order chi connectivity index (χ0) is 22.1. The molecule has 30 heavy (non-hydrogen) atoms. The molecule has 0 fully saturated rings. The van der Waals surface area contributed by atoms with Gasteiger partial charge in [-0.3, -0.25) is 4.79 Å². The highest BCUT2D eigenvalue weighted by molar-refractivity contribution is 8.01. The minimum atomic E-state index is -0.597. The molecule has 0 aliphatic carbocycles. The Labute approximate surface area is 186 Å². The number of anilines is 2. The van der Waals surface area contributed by atoms with Crippen molar-refractivity contribution in [1.29, 1.82) is 0 Å². The van der Waals surface area contributed by atoms with Gasteiger partial charge in [-0.1, -0.05) is 30.0 Å². The van der Waals surface area contributed by atoms with Crippen molar-refractivity contribution in [3.05, 3.63) is 16.0 Å². The molecular formula is C18H24N4O5S3. The number of hydrogen-bond acceptors (Lipinski definition) is 11. The molecule has 0 radical (unpaired) electrons. The van der Waals surface area contributed by atoms with Crippen LogP contribution in [-0.4, -0.2) is 53.6 Å².